The summed E-state index contributed by atoms with van der Waals surface area (Å²) in [4.78, 5) is 12.2. The number of nitrogens with one attached hydrogen (secondary N) is 1. The Morgan fingerprint density at radius 1 is 1.26 bits per heavy atom. The highest BCUT2D eigenvalue weighted by Gasteiger charge is 2.13. The lowest BCUT2D eigenvalue weighted by Crippen LogP contribution is -2.32. The van der Waals surface area contributed by atoms with Crippen molar-refractivity contribution in [2.75, 3.05) is 19.4 Å². The van der Waals surface area contributed by atoms with E-state index in [4.69, 9.17) is 4.74 Å². The van der Waals surface area contributed by atoms with Crippen LogP contribution in [-0.2, 0) is 23.6 Å². The lowest BCUT2D eigenvalue weighted by Gasteiger charge is -2.03. The van der Waals surface area contributed by atoms with Crippen molar-refractivity contribution in [1.82, 2.24) is 19.1 Å². The largest absolute Gasteiger partial charge is 0.497 e. The van der Waals surface area contributed by atoms with Crippen molar-refractivity contribution in [3.63, 3.8) is 0 Å². The molecular weight excluding hydrogens is 320 g/mol. The van der Waals surface area contributed by atoms with E-state index in [0.717, 1.165) is 5.56 Å². The lowest BCUT2D eigenvalue weighted by atomic mass is 10.2. The highest BCUT2D eigenvalue weighted by atomic mass is 32.2. The Hall–Kier alpha value is -2.13. The summed E-state index contributed by atoms with van der Waals surface area (Å²) in [6, 6.07) is 7.19. The Bertz CT molecular complexity index is 821. The molecule has 0 saturated heterocycles. The fourth-order valence-corrected chi connectivity index (χ4v) is 2.64. The van der Waals surface area contributed by atoms with Gasteiger partial charge >= 0.3 is 5.69 Å². The molecule has 126 valence electrons. The fraction of sp³-hybridized carbons (Fsp3) is 0.429. The molecule has 0 aliphatic carbocycles. The summed E-state index contributed by atoms with van der Waals surface area (Å²) in [7, 11) is -0.0727. The molecule has 1 N–H and O–H groups in total. The number of hydrogen-bond donors (Lipinski definition) is 1. The molecule has 0 unspecified atom stereocenters. The van der Waals surface area contributed by atoms with Gasteiger partial charge in [-0.2, -0.15) is 0 Å². The normalized spacial score (nSPS) is 11.6. The number of sulfonamides is 1. The topological polar surface area (TPSA) is 95.2 Å². The van der Waals surface area contributed by atoms with Gasteiger partial charge in [0, 0.05) is 19.2 Å². The highest BCUT2D eigenvalue weighted by molar-refractivity contribution is 7.89. The van der Waals surface area contributed by atoms with Crippen LogP contribution in [0.3, 0.4) is 0 Å². The molecule has 0 atom stereocenters. The fourth-order valence-electron chi connectivity index (χ4n) is 2.03. The van der Waals surface area contributed by atoms with Gasteiger partial charge in [-0.25, -0.2) is 22.6 Å². The van der Waals surface area contributed by atoms with Crippen LogP contribution in [0.2, 0.25) is 0 Å². The van der Waals surface area contributed by atoms with E-state index in [2.05, 4.69) is 9.82 Å². The first kappa shape index (κ1) is 17.2. The van der Waals surface area contributed by atoms with E-state index in [0.29, 0.717) is 11.6 Å². The van der Waals surface area contributed by atoms with Crippen molar-refractivity contribution in [2.24, 2.45) is 7.05 Å². The Morgan fingerprint density at radius 2 is 1.91 bits per heavy atom. The number of methoxy groups -OCH3 is 1. The van der Waals surface area contributed by atoms with E-state index in [1.165, 1.54) is 9.25 Å². The summed E-state index contributed by atoms with van der Waals surface area (Å²) in [6.07, 6.45) is 0. The number of ether oxygens (including phenoxy) is 1. The van der Waals surface area contributed by atoms with Gasteiger partial charge in [0.05, 0.1) is 19.4 Å². The maximum absolute atomic E-state index is 12.2. The van der Waals surface area contributed by atoms with E-state index in [-0.39, 0.29) is 24.5 Å². The molecule has 9 heteroatoms. The number of nitrogens with zero attached hydrogens (tertiary/aromatic N) is 3. The van der Waals surface area contributed by atoms with Gasteiger partial charge in [-0.1, -0.05) is 0 Å². The van der Waals surface area contributed by atoms with Gasteiger partial charge in [-0.15, -0.1) is 5.10 Å². The third-order valence-electron chi connectivity index (χ3n) is 3.41. The predicted molar refractivity (Wildman–Crippen MR) is 86.9 cm³/mol. The Kier molecular flexibility index (Phi) is 5.22. The Morgan fingerprint density at radius 3 is 2.48 bits per heavy atom. The molecule has 0 radical (unpaired) electrons. The number of hydrogen-bond acceptors (Lipinski definition) is 5. The van der Waals surface area contributed by atoms with Crippen molar-refractivity contribution >= 4 is 10.0 Å². The number of rotatable bonds is 7. The summed E-state index contributed by atoms with van der Waals surface area (Å²) >= 11 is 0. The van der Waals surface area contributed by atoms with Gasteiger partial charge in [-0.05, 0) is 31.2 Å². The molecule has 1 aromatic carbocycles. The summed E-state index contributed by atoms with van der Waals surface area (Å²) in [6.45, 7) is 1.84. The van der Waals surface area contributed by atoms with Gasteiger partial charge < -0.3 is 4.74 Å². The average molecular weight is 340 g/mol. The molecule has 2 rings (SSSR count). The first-order valence-electron chi connectivity index (χ1n) is 7.13. The third kappa shape index (κ3) is 3.99. The number of benzene rings is 1. The van der Waals surface area contributed by atoms with E-state index in [1.807, 2.05) is 12.1 Å². The van der Waals surface area contributed by atoms with Crippen LogP contribution >= 0.6 is 0 Å². The molecule has 0 bridgehead atoms. The summed E-state index contributed by atoms with van der Waals surface area (Å²) in [5.41, 5.74) is 0.477. The molecule has 0 aliphatic rings. The van der Waals surface area contributed by atoms with Crippen LogP contribution in [0.25, 0.3) is 11.4 Å². The van der Waals surface area contributed by atoms with E-state index >= 15 is 0 Å². The summed E-state index contributed by atoms with van der Waals surface area (Å²) in [5, 5.41) is 4.27. The molecular formula is C14H20N4O4S. The van der Waals surface area contributed by atoms with Crippen LogP contribution in [0.15, 0.2) is 29.1 Å². The summed E-state index contributed by atoms with van der Waals surface area (Å²) < 4.78 is 33.0. The van der Waals surface area contributed by atoms with Gasteiger partial charge in [0.1, 0.15) is 5.75 Å². The smallest absolute Gasteiger partial charge is 0.345 e. The zero-order chi connectivity index (χ0) is 17.0. The minimum atomic E-state index is -3.28. The van der Waals surface area contributed by atoms with Crippen LogP contribution in [0, 0.1) is 0 Å². The van der Waals surface area contributed by atoms with E-state index in [1.54, 1.807) is 33.2 Å². The first-order valence-corrected chi connectivity index (χ1v) is 8.78. The molecule has 2 aromatic rings. The second kappa shape index (κ2) is 6.97. The second-order valence-corrected chi connectivity index (χ2v) is 7.01. The van der Waals surface area contributed by atoms with E-state index in [9.17, 15) is 13.2 Å². The lowest BCUT2D eigenvalue weighted by molar-refractivity contribution is 0.415. The van der Waals surface area contributed by atoms with Gasteiger partial charge in [0.25, 0.3) is 0 Å². The monoisotopic (exact) mass is 340 g/mol. The van der Waals surface area contributed by atoms with Crippen molar-refractivity contribution in [2.45, 2.75) is 13.5 Å². The van der Waals surface area contributed by atoms with Crippen LogP contribution in [0.1, 0.15) is 6.92 Å². The third-order valence-corrected chi connectivity index (χ3v) is 4.82. The van der Waals surface area contributed by atoms with Gasteiger partial charge in [0.2, 0.25) is 10.0 Å². The highest BCUT2D eigenvalue weighted by Crippen LogP contribution is 2.19. The van der Waals surface area contributed by atoms with E-state index < -0.39 is 10.0 Å². The minimum absolute atomic E-state index is 0.00121. The van der Waals surface area contributed by atoms with Crippen molar-refractivity contribution < 1.29 is 13.2 Å². The molecule has 0 spiro atoms. The second-order valence-electron chi connectivity index (χ2n) is 4.91. The summed E-state index contributed by atoms with van der Waals surface area (Å²) in [5.74, 6) is 1.23. The SMILES string of the molecule is CCS(=O)(=O)NCCn1nc(-c2ccc(OC)cc2)n(C)c1=O. The minimum Gasteiger partial charge on any atom is -0.497 e. The van der Waals surface area contributed by atoms with Gasteiger partial charge in [0.15, 0.2) is 5.82 Å². The molecule has 1 aromatic heterocycles. The van der Waals surface area contributed by atoms with Crippen LogP contribution in [-0.4, -0.2) is 42.2 Å². The maximum Gasteiger partial charge on any atom is 0.345 e. The first-order chi connectivity index (χ1) is 10.9. The Labute approximate surface area is 134 Å². The average Bonchev–Trinajstić information content (AvgIpc) is 2.83. The maximum atomic E-state index is 12.2. The van der Waals surface area contributed by atoms with Gasteiger partial charge in [-0.3, -0.25) is 4.57 Å². The zero-order valence-electron chi connectivity index (χ0n) is 13.3. The molecule has 0 saturated carbocycles. The Balaban J connectivity index is 2.19. The molecule has 8 nitrogen and oxygen atoms in total. The molecule has 0 amide bonds. The van der Waals surface area contributed by atoms with Crippen molar-refractivity contribution in [3.05, 3.63) is 34.7 Å². The predicted octanol–water partition coefficient (Wildman–Crippen LogP) is 0.197. The quantitative estimate of drug-likeness (QED) is 0.777. The molecule has 0 fully saturated rings. The molecule has 23 heavy (non-hydrogen) atoms. The van der Waals surface area contributed by atoms with Crippen molar-refractivity contribution in [1.29, 1.82) is 0 Å². The molecule has 0 aliphatic heterocycles. The van der Waals surface area contributed by atoms with Crippen LogP contribution < -0.4 is 15.1 Å². The zero-order valence-corrected chi connectivity index (χ0v) is 14.1. The number of aromatic nitrogens is 3. The standard InChI is InChI=1S/C14H20N4O4S/c1-4-23(20,21)15-9-10-18-14(19)17(2)13(16-18)11-5-7-12(22-3)8-6-11/h5-8,15H,4,9-10H2,1-3H3. The van der Waals surface area contributed by atoms with Crippen molar-refractivity contribution in [3.8, 4) is 17.1 Å². The molecule has 1 heterocycles. The van der Waals surface area contributed by atoms with Crippen LogP contribution in [0.5, 0.6) is 5.75 Å². The van der Waals surface area contributed by atoms with Crippen LogP contribution in [0.4, 0.5) is 0 Å².